The Bertz CT molecular complexity index is 1080. The van der Waals surface area contributed by atoms with Crippen molar-refractivity contribution in [2.75, 3.05) is 19.4 Å². The molecule has 0 bridgehead atoms. The largest absolute Gasteiger partial charge is 0.321 e. The van der Waals surface area contributed by atoms with Crippen molar-refractivity contribution in [1.29, 1.82) is 0 Å². The highest BCUT2D eigenvalue weighted by atomic mass is 32.2. The number of hydrogen-bond donors (Lipinski definition) is 1. The number of nitrogens with zero attached hydrogens (tertiary/aromatic N) is 1. The number of nitrogens with one attached hydrogen (secondary N) is 1. The molecule has 1 N–H and O–H groups in total. The van der Waals surface area contributed by atoms with E-state index in [0.29, 0.717) is 5.69 Å². The summed E-state index contributed by atoms with van der Waals surface area (Å²) in [4.78, 5) is 14.8. The van der Waals surface area contributed by atoms with Crippen LogP contribution in [0.15, 0.2) is 93.5 Å². The number of hydrogen-bond acceptors (Lipinski definition) is 4. The van der Waals surface area contributed by atoms with Crippen molar-refractivity contribution in [3.05, 3.63) is 84.4 Å². The smallest absolute Gasteiger partial charge is 0.255 e. The van der Waals surface area contributed by atoms with Crippen molar-refractivity contribution in [3.63, 3.8) is 0 Å². The Morgan fingerprint density at radius 1 is 0.893 bits per heavy atom. The zero-order chi connectivity index (χ0) is 20.1. The van der Waals surface area contributed by atoms with Gasteiger partial charge >= 0.3 is 0 Å². The number of carbonyl (C=O) groups is 1. The number of rotatable bonds is 6. The molecule has 144 valence electrons. The van der Waals surface area contributed by atoms with Crippen LogP contribution in [-0.2, 0) is 10.0 Å². The summed E-state index contributed by atoms with van der Waals surface area (Å²) in [7, 11) is -0.690. The minimum Gasteiger partial charge on any atom is -0.321 e. The molecule has 7 heteroatoms. The monoisotopic (exact) mass is 412 g/mol. The van der Waals surface area contributed by atoms with Crippen LogP contribution >= 0.6 is 11.8 Å². The molecule has 0 aliphatic carbocycles. The predicted molar refractivity (Wildman–Crippen MR) is 112 cm³/mol. The van der Waals surface area contributed by atoms with Crippen molar-refractivity contribution in [3.8, 4) is 0 Å². The molecule has 3 aromatic rings. The van der Waals surface area contributed by atoms with E-state index in [9.17, 15) is 13.2 Å². The van der Waals surface area contributed by atoms with Crippen LogP contribution in [0, 0.1) is 0 Å². The summed E-state index contributed by atoms with van der Waals surface area (Å²) in [5.41, 5.74) is 0.949. The van der Waals surface area contributed by atoms with Gasteiger partial charge in [-0.1, -0.05) is 48.2 Å². The van der Waals surface area contributed by atoms with Gasteiger partial charge in [-0.3, -0.25) is 4.79 Å². The first-order valence-electron chi connectivity index (χ1n) is 8.54. The van der Waals surface area contributed by atoms with E-state index in [1.807, 2.05) is 54.6 Å². The van der Waals surface area contributed by atoms with Crippen molar-refractivity contribution in [1.82, 2.24) is 4.31 Å². The Morgan fingerprint density at radius 3 is 2.29 bits per heavy atom. The molecule has 0 heterocycles. The number of anilines is 1. The molecule has 0 fully saturated rings. The molecule has 0 atom stereocenters. The highest BCUT2D eigenvalue weighted by Crippen LogP contribution is 2.33. The van der Waals surface area contributed by atoms with Gasteiger partial charge in [0.15, 0.2) is 0 Å². The molecule has 0 aliphatic rings. The fraction of sp³-hybridized carbons (Fsp3) is 0.0952. The van der Waals surface area contributed by atoms with Crippen LogP contribution in [0.4, 0.5) is 5.69 Å². The molecular formula is C21H20N2O3S2. The van der Waals surface area contributed by atoms with Crippen LogP contribution in [0.5, 0.6) is 0 Å². The first-order valence-corrected chi connectivity index (χ1v) is 10.8. The van der Waals surface area contributed by atoms with E-state index >= 15 is 0 Å². The van der Waals surface area contributed by atoms with Gasteiger partial charge in [0, 0.05) is 29.4 Å². The van der Waals surface area contributed by atoms with Crippen LogP contribution in [0.2, 0.25) is 0 Å². The summed E-state index contributed by atoms with van der Waals surface area (Å²) in [5, 5.41) is 2.89. The van der Waals surface area contributed by atoms with E-state index in [1.54, 1.807) is 23.9 Å². The molecule has 0 spiro atoms. The standard InChI is InChI=1S/C21H20N2O3S2/c1-23(2)28(25,26)18-12-8-9-16(15-18)21(24)22-19-13-6-7-14-20(19)27-17-10-4-3-5-11-17/h3-15H,1-2H3,(H,22,24). The highest BCUT2D eigenvalue weighted by molar-refractivity contribution is 7.99. The van der Waals surface area contributed by atoms with Gasteiger partial charge < -0.3 is 5.32 Å². The van der Waals surface area contributed by atoms with Gasteiger partial charge in [-0.2, -0.15) is 0 Å². The SMILES string of the molecule is CN(C)S(=O)(=O)c1cccc(C(=O)Nc2ccccc2Sc2ccccc2)c1. The first kappa shape index (κ1) is 20.1. The predicted octanol–water partition coefficient (Wildman–Crippen LogP) is 4.34. The van der Waals surface area contributed by atoms with Gasteiger partial charge in [0.05, 0.1) is 10.6 Å². The Balaban J connectivity index is 1.85. The van der Waals surface area contributed by atoms with Crippen LogP contribution in [-0.4, -0.2) is 32.7 Å². The second kappa shape index (κ2) is 8.60. The maximum absolute atomic E-state index is 12.7. The molecule has 0 aromatic heterocycles. The topological polar surface area (TPSA) is 66.5 Å². The highest BCUT2D eigenvalue weighted by Gasteiger charge is 2.19. The molecule has 1 amide bonds. The van der Waals surface area contributed by atoms with Crippen LogP contribution in [0.25, 0.3) is 0 Å². The molecule has 0 aliphatic heterocycles. The summed E-state index contributed by atoms with van der Waals surface area (Å²) in [5.74, 6) is -0.364. The normalized spacial score (nSPS) is 11.4. The van der Waals surface area contributed by atoms with Gasteiger partial charge in [0.1, 0.15) is 0 Å². The fourth-order valence-corrected chi connectivity index (χ4v) is 4.35. The van der Waals surface area contributed by atoms with E-state index in [2.05, 4.69) is 5.32 Å². The fourth-order valence-electron chi connectivity index (χ4n) is 2.48. The van der Waals surface area contributed by atoms with Gasteiger partial charge in [-0.25, -0.2) is 12.7 Å². The molecule has 0 saturated carbocycles. The van der Waals surface area contributed by atoms with E-state index in [0.717, 1.165) is 14.1 Å². The van der Waals surface area contributed by atoms with Crippen molar-refractivity contribution in [2.24, 2.45) is 0 Å². The molecular weight excluding hydrogens is 392 g/mol. The van der Waals surface area contributed by atoms with Crippen LogP contribution in [0.1, 0.15) is 10.4 Å². The number of amides is 1. The second-order valence-corrected chi connectivity index (χ2v) is 9.45. The van der Waals surface area contributed by atoms with Crippen molar-refractivity contribution < 1.29 is 13.2 Å². The number of benzene rings is 3. The third kappa shape index (κ3) is 4.62. The van der Waals surface area contributed by atoms with E-state index in [-0.39, 0.29) is 16.4 Å². The van der Waals surface area contributed by atoms with Crippen molar-refractivity contribution in [2.45, 2.75) is 14.7 Å². The molecule has 28 heavy (non-hydrogen) atoms. The quantitative estimate of drug-likeness (QED) is 0.654. The minimum atomic E-state index is -3.61. The maximum atomic E-state index is 12.7. The lowest BCUT2D eigenvalue weighted by Gasteiger charge is -2.13. The van der Waals surface area contributed by atoms with Gasteiger partial charge in [-0.15, -0.1) is 0 Å². The third-order valence-corrected chi connectivity index (χ3v) is 6.88. The Kier molecular flexibility index (Phi) is 6.18. The lowest BCUT2D eigenvalue weighted by atomic mass is 10.2. The van der Waals surface area contributed by atoms with E-state index in [4.69, 9.17) is 0 Å². The van der Waals surface area contributed by atoms with Gasteiger partial charge in [0.2, 0.25) is 10.0 Å². The van der Waals surface area contributed by atoms with E-state index in [1.165, 1.54) is 26.2 Å². The number of sulfonamides is 1. The molecule has 0 unspecified atom stereocenters. The molecule has 5 nitrogen and oxygen atoms in total. The van der Waals surface area contributed by atoms with Crippen LogP contribution in [0.3, 0.4) is 0 Å². The Labute approximate surface area is 169 Å². The Hall–Kier alpha value is -2.61. The average Bonchev–Trinajstić information content (AvgIpc) is 2.70. The van der Waals surface area contributed by atoms with Gasteiger partial charge in [0.25, 0.3) is 5.91 Å². The summed E-state index contributed by atoms with van der Waals surface area (Å²) < 4.78 is 25.7. The molecule has 3 aromatic carbocycles. The summed E-state index contributed by atoms with van der Waals surface area (Å²) >= 11 is 1.55. The van der Waals surface area contributed by atoms with Crippen LogP contribution < -0.4 is 5.32 Å². The number of carbonyl (C=O) groups excluding carboxylic acids is 1. The maximum Gasteiger partial charge on any atom is 0.255 e. The molecule has 3 rings (SSSR count). The lowest BCUT2D eigenvalue weighted by molar-refractivity contribution is 0.102. The zero-order valence-electron chi connectivity index (χ0n) is 15.5. The average molecular weight is 413 g/mol. The summed E-state index contributed by atoms with van der Waals surface area (Å²) in [6.45, 7) is 0. The second-order valence-electron chi connectivity index (χ2n) is 6.18. The zero-order valence-corrected chi connectivity index (χ0v) is 17.1. The molecule has 0 saturated heterocycles. The van der Waals surface area contributed by atoms with Crippen molar-refractivity contribution >= 4 is 33.4 Å². The first-order chi connectivity index (χ1) is 13.4. The molecule has 0 radical (unpaired) electrons. The van der Waals surface area contributed by atoms with E-state index < -0.39 is 10.0 Å². The Morgan fingerprint density at radius 2 is 1.57 bits per heavy atom. The third-order valence-electron chi connectivity index (χ3n) is 3.98. The number of para-hydroxylation sites is 1. The van der Waals surface area contributed by atoms with Gasteiger partial charge in [-0.05, 0) is 42.5 Å². The summed E-state index contributed by atoms with van der Waals surface area (Å²) in [6, 6.07) is 23.4. The minimum absolute atomic E-state index is 0.0806. The lowest BCUT2D eigenvalue weighted by Crippen LogP contribution is -2.22. The summed E-state index contributed by atoms with van der Waals surface area (Å²) in [6.07, 6.45) is 0.